The Morgan fingerprint density at radius 1 is 1.71 bits per heavy atom. The summed E-state index contributed by atoms with van der Waals surface area (Å²) >= 11 is 0. The minimum absolute atomic E-state index is 0.292. The van der Waals surface area contributed by atoms with Gasteiger partial charge in [-0.25, -0.2) is 0 Å². The SMILES string of the molecule is COCC(C)Nc1cnn(CC2CCCO2)c1. The molecule has 1 aliphatic heterocycles. The molecule has 0 spiro atoms. The van der Waals surface area contributed by atoms with Gasteiger partial charge in [-0.05, 0) is 19.8 Å². The number of hydrogen-bond acceptors (Lipinski definition) is 4. The van der Waals surface area contributed by atoms with Crippen LogP contribution in [0.2, 0.25) is 0 Å². The number of methoxy groups -OCH3 is 1. The Morgan fingerprint density at radius 2 is 2.59 bits per heavy atom. The smallest absolute Gasteiger partial charge is 0.0771 e. The van der Waals surface area contributed by atoms with Gasteiger partial charge < -0.3 is 14.8 Å². The lowest BCUT2D eigenvalue weighted by atomic mass is 10.2. The quantitative estimate of drug-likeness (QED) is 0.817. The first kappa shape index (κ1) is 12.4. The van der Waals surface area contributed by atoms with Gasteiger partial charge in [0.05, 0.1) is 31.1 Å². The predicted octanol–water partition coefficient (Wildman–Crippen LogP) is 1.51. The van der Waals surface area contributed by atoms with Crippen molar-refractivity contribution < 1.29 is 9.47 Å². The summed E-state index contributed by atoms with van der Waals surface area (Å²) < 4.78 is 12.6. The summed E-state index contributed by atoms with van der Waals surface area (Å²) in [5, 5.41) is 7.67. The fourth-order valence-electron chi connectivity index (χ4n) is 2.11. The van der Waals surface area contributed by atoms with E-state index in [1.54, 1.807) is 7.11 Å². The largest absolute Gasteiger partial charge is 0.383 e. The molecule has 2 atom stereocenters. The molecule has 0 radical (unpaired) electrons. The van der Waals surface area contributed by atoms with E-state index in [0.29, 0.717) is 18.8 Å². The first-order chi connectivity index (χ1) is 8.28. The van der Waals surface area contributed by atoms with E-state index in [9.17, 15) is 0 Å². The molecule has 0 aliphatic carbocycles. The number of ether oxygens (including phenoxy) is 2. The Morgan fingerprint density at radius 3 is 3.29 bits per heavy atom. The third kappa shape index (κ3) is 3.71. The van der Waals surface area contributed by atoms with Crippen molar-refractivity contribution in [3.63, 3.8) is 0 Å². The van der Waals surface area contributed by atoms with Crippen LogP contribution in [-0.4, -0.2) is 42.2 Å². The number of rotatable bonds is 6. The second kappa shape index (κ2) is 6.02. The molecule has 0 saturated carbocycles. The lowest BCUT2D eigenvalue weighted by molar-refractivity contribution is 0.0940. The van der Waals surface area contributed by atoms with E-state index in [2.05, 4.69) is 17.3 Å². The van der Waals surface area contributed by atoms with Crippen LogP contribution in [-0.2, 0) is 16.0 Å². The zero-order chi connectivity index (χ0) is 12.1. The van der Waals surface area contributed by atoms with E-state index < -0.39 is 0 Å². The van der Waals surface area contributed by atoms with Gasteiger partial charge >= 0.3 is 0 Å². The number of nitrogens with one attached hydrogen (secondary N) is 1. The topological polar surface area (TPSA) is 48.3 Å². The summed E-state index contributed by atoms with van der Waals surface area (Å²) in [7, 11) is 1.71. The highest BCUT2D eigenvalue weighted by Gasteiger charge is 2.16. The number of nitrogens with zero attached hydrogens (tertiary/aromatic N) is 2. The van der Waals surface area contributed by atoms with E-state index in [-0.39, 0.29) is 0 Å². The van der Waals surface area contributed by atoms with Gasteiger partial charge in [0.25, 0.3) is 0 Å². The van der Waals surface area contributed by atoms with Gasteiger partial charge in [0, 0.05) is 26.0 Å². The van der Waals surface area contributed by atoms with E-state index >= 15 is 0 Å². The second-order valence-corrected chi connectivity index (χ2v) is 4.59. The maximum absolute atomic E-state index is 5.58. The Hall–Kier alpha value is -1.07. The van der Waals surface area contributed by atoms with E-state index in [0.717, 1.165) is 25.3 Å². The van der Waals surface area contributed by atoms with Crippen LogP contribution < -0.4 is 5.32 Å². The van der Waals surface area contributed by atoms with Crippen LogP contribution in [0.5, 0.6) is 0 Å². The Balaban J connectivity index is 1.82. The summed E-state index contributed by atoms with van der Waals surface area (Å²) in [5.74, 6) is 0. The molecule has 0 amide bonds. The number of hydrogen-bond donors (Lipinski definition) is 1. The Kier molecular flexibility index (Phi) is 4.39. The zero-order valence-corrected chi connectivity index (χ0v) is 10.6. The summed E-state index contributed by atoms with van der Waals surface area (Å²) in [6.45, 7) is 4.51. The summed E-state index contributed by atoms with van der Waals surface area (Å²) in [4.78, 5) is 0. The van der Waals surface area contributed by atoms with Gasteiger partial charge in [-0.3, -0.25) is 4.68 Å². The monoisotopic (exact) mass is 239 g/mol. The molecular weight excluding hydrogens is 218 g/mol. The van der Waals surface area contributed by atoms with E-state index in [1.165, 1.54) is 6.42 Å². The molecule has 96 valence electrons. The van der Waals surface area contributed by atoms with Gasteiger partial charge in [-0.15, -0.1) is 0 Å². The van der Waals surface area contributed by atoms with Crippen molar-refractivity contribution in [3.05, 3.63) is 12.4 Å². The van der Waals surface area contributed by atoms with Crippen molar-refractivity contribution in [2.75, 3.05) is 25.6 Å². The highest BCUT2D eigenvalue weighted by Crippen LogP contribution is 2.15. The fraction of sp³-hybridized carbons (Fsp3) is 0.750. The van der Waals surface area contributed by atoms with Crippen LogP contribution in [0.1, 0.15) is 19.8 Å². The molecule has 2 heterocycles. The maximum atomic E-state index is 5.58. The second-order valence-electron chi connectivity index (χ2n) is 4.59. The van der Waals surface area contributed by atoms with Crippen molar-refractivity contribution in [1.82, 2.24) is 9.78 Å². The number of aromatic nitrogens is 2. The lowest BCUT2D eigenvalue weighted by Crippen LogP contribution is -2.20. The minimum atomic E-state index is 0.292. The van der Waals surface area contributed by atoms with Gasteiger partial charge in [0.2, 0.25) is 0 Å². The third-order valence-electron chi connectivity index (χ3n) is 2.88. The first-order valence-corrected chi connectivity index (χ1v) is 6.17. The van der Waals surface area contributed by atoms with Crippen molar-refractivity contribution in [2.24, 2.45) is 0 Å². The molecule has 2 rings (SSSR count). The summed E-state index contributed by atoms with van der Waals surface area (Å²) in [6, 6.07) is 0.292. The van der Waals surface area contributed by atoms with Crippen LogP contribution in [0.3, 0.4) is 0 Å². The molecule has 1 fully saturated rings. The standard InChI is InChI=1S/C12H21N3O2/c1-10(9-16-2)14-11-6-13-15(7-11)8-12-4-3-5-17-12/h6-7,10,12,14H,3-5,8-9H2,1-2H3. The van der Waals surface area contributed by atoms with Crippen LogP contribution in [0.4, 0.5) is 5.69 Å². The van der Waals surface area contributed by atoms with E-state index in [1.807, 2.05) is 17.1 Å². The van der Waals surface area contributed by atoms with E-state index in [4.69, 9.17) is 9.47 Å². The Labute approximate surface area is 102 Å². The van der Waals surface area contributed by atoms with Crippen LogP contribution in [0.25, 0.3) is 0 Å². The molecule has 17 heavy (non-hydrogen) atoms. The fourth-order valence-corrected chi connectivity index (χ4v) is 2.11. The summed E-state index contributed by atoms with van der Waals surface area (Å²) in [6.07, 6.45) is 6.51. The van der Waals surface area contributed by atoms with Gasteiger partial charge in [0.1, 0.15) is 0 Å². The molecule has 5 nitrogen and oxygen atoms in total. The molecule has 1 aromatic heterocycles. The molecule has 1 N–H and O–H groups in total. The highest BCUT2D eigenvalue weighted by molar-refractivity contribution is 5.39. The van der Waals surface area contributed by atoms with Crippen molar-refractivity contribution in [1.29, 1.82) is 0 Å². The van der Waals surface area contributed by atoms with Crippen molar-refractivity contribution >= 4 is 5.69 Å². The van der Waals surface area contributed by atoms with Crippen molar-refractivity contribution in [2.45, 2.75) is 38.5 Å². The van der Waals surface area contributed by atoms with Crippen LogP contribution in [0, 0.1) is 0 Å². The van der Waals surface area contributed by atoms with Gasteiger partial charge in [-0.1, -0.05) is 0 Å². The van der Waals surface area contributed by atoms with Crippen LogP contribution >= 0.6 is 0 Å². The zero-order valence-electron chi connectivity index (χ0n) is 10.6. The molecule has 0 aromatic carbocycles. The minimum Gasteiger partial charge on any atom is -0.383 e. The molecule has 1 saturated heterocycles. The van der Waals surface area contributed by atoms with Crippen molar-refractivity contribution in [3.8, 4) is 0 Å². The Bertz CT molecular complexity index is 334. The number of anilines is 1. The summed E-state index contributed by atoms with van der Waals surface area (Å²) in [5.41, 5.74) is 1.03. The molecule has 1 aliphatic rings. The molecule has 0 bridgehead atoms. The molecule has 5 heteroatoms. The maximum Gasteiger partial charge on any atom is 0.0771 e. The first-order valence-electron chi connectivity index (χ1n) is 6.17. The van der Waals surface area contributed by atoms with Gasteiger partial charge in [0.15, 0.2) is 0 Å². The highest BCUT2D eigenvalue weighted by atomic mass is 16.5. The van der Waals surface area contributed by atoms with Gasteiger partial charge in [-0.2, -0.15) is 5.10 Å². The molecule has 2 unspecified atom stereocenters. The lowest BCUT2D eigenvalue weighted by Gasteiger charge is -2.12. The average molecular weight is 239 g/mol. The average Bonchev–Trinajstić information content (AvgIpc) is 2.91. The van der Waals surface area contributed by atoms with Crippen LogP contribution in [0.15, 0.2) is 12.4 Å². The molecular formula is C12H21N3O2. The normalized spacial score (nSPS) is 21.6. The molecule has 1 aromatic rings. The predicted molar refractivity (Wildman–Crippen MR) is 66.2 cm³/mol. The third-order valence-corrected chi connectivity index (χ3v) is 2.88.